The summed E-state index contributed by atoms with van der Waals surface area (Å²) in [5.74, 6) is 0.944. The summed E-state index contributed by atoms with van der Waals surface area (Å²) < 4.78 is 3.25. The van der Waals surface area contributed by atoms with E-state index in [1.807, 2.05) is 19.2 Å². The molecule has 1 fully saturated rings. The van der Waals surface area contributed by atoms with E-state index in [0.29, 0.717) is 11.5 Å². The fraction of sp³-hybridized carbons (Fsp3) is 0.625. The number of hydrogen-bond donors (Lipinski definition) is 0. The third kappa shape index (κ3) is 2.98. The van der Waals surface area contributed by atoms with Gasteiger partial charge in [0.25, 0.3) is 0 Å². The molecule has 5 heteroatoms. The molecule has 0 radical (unpaired) electrons. The van der Waals surface area contributed by atoms with Crippen LogP contribution in [0.2, 0.25) is 0 Å². The summed E-state index contributed by atoms with van der Waals surface area (Å²) in [6.07, 6.45) is 6.73. The van der Waals surface area contributed by atoms with Gasteiger partial charge < -0.3 is 4.57 Å². The van der Waals surface area contributed by atoms with Crippen LogP contribution in [-0.4, -0.2) is 14.5 Å². The third-order valence-corrected chi connectivity index (χ3v) is 5.05. The van der Waals surface area contributed by atoms with Crippen LogP contribution in [0.1, 0.15) is 63.7 Å². The van der Waals surface area contributed by atoms with Crippen LogP contribution in [0.3, 0.4) is 0 Å². The zero-order valence-corrected chi connectivity index (χ0v) is 15.1. The van der Waals surface area contributed by atoms with Crippen molar-refractivity contribution in [1.82, 2.24) is 14.5 Å². The molecule has 2 aromatic heterocycles. The van der Waals surface area contributed by atoms with Crippen molar-refractivity contribution in [2.75, 3.05) is 0 Å². The van der Waals surface area contributed by atoms with Crippen LogP contribution in [0.25, 0.3) is 11.2 Å². The van der Waals surface area contributed by atoms with Gasteiger partial charge in [0.1, 0.15) is 11.3 Å². The van der Waals surface area contributed by atoms with Gasteiger partial charge in [0.05, 0.1) is 5.38 Å². The molecule has 21 heavy (non-hydrogen) atoms. The smallest absolute Gasteiger partial charge is 0.160 e. The lowest BCUT2D eigenvalue weighted by Gasteiger charge is -2.36. The average Bonchev–Trinajstić information content (AvgIpc) is 2.76. The van der Waals surface area contributed by atoms with Gasteiger partial charge in [-0.25, -0.2) is 9.97 Å². The highest BCUT2D eigenvalue weighted by Crippen LogP contribution is 2.43. The SMILES string of the molecule is CC(Cl)c1nc2cc(Br)cnc2n1C1CCCC(C)(C)C1. The van der Waals surface area contributed by atoms with Gasteiger partial charge in [0.15, 0.2) is 5.65 Å². The summed E-state index contributed by atoms with van der Waals surface area (Å²) in [4.78, 5) is 9.34. The molecule has 1 aliphatic carbocycles. The first-order chi connectivity index (χ1) is 9.87. The molecule has 0 bridgehead atoms. The van der Waals surface area contributed by atoms with Crippen molar-refractivity contribution >= 4 is 38.7 Å². The molecule has 114 valence electrons. The summed E-state index contributed by atoms with van der Waals surface area (Å²) in [7, 11) is 0. The lowest BCUT2D eigenvalue weighted by Crippen LogP contribution is -2.26. The van der Waals surface area contributed by atoms with Crippen molar-refractivity contribution in [3.63, 3.8) is 0 Å². The maximum absolute atomic E-state index is 6.39. The van der Waals surface area contributed by atoms with Gasteiger partial charge in [-0.2, -0.15) is 0 Å². The predicted octanol–water partition coefficient (Wildman–Crippen LogP) is 5.63. The van der Waals surface area contributed by atoms with E-state index >= 15 is 0 Å². The summed E-state index contributed by atoms with van der Waals surface area (Å²) in [5.41, 5.74) is 2.26. The molecule has 0 amide bonds. The largest absolute Gasteiger partial charge is 0.308 e. The summed E-state index contributed by atoms with van der Waals surface area (Å²) >= 11 is 9.86. The van der Waals surface area contributed by atoms with Gasteiger partial charge in [-0.05, 0) is 53.6 Å². The van der Waals surface area contributed by atoms with Crippen LogP contribution in [-0.2, 0) is 0 Å². The Morgan fingerprint density at radius 2 is 2.24 bits per heavy atom. The van der Waals surface area contributed by atoms with Crippen LogP contribution >= 0.6 is 27.5 Å². The maximum atomic E-state index is 6.39. The Labute approximate surface area is 139 Å². The second-order valence-corrected chi connectivity index (χ2v) is 8.44. The van der Waals surface area contributed by atoms with Gasteiger partial charge in [-0.3, -0.25) is 0 Å². The molecule has 2 atom stereocenters. The van der Waals surface area contributed by atoms with Crippen LogP contribution in [0.15, 0.2) is 16.7 Å². The zero-order valence-electron chi connectivity index (χ0n) is 12.7. The lowest BCUT2D eigenvalue weighted by atomic mass is 9.75. The lowest BCUT2D eigenvalue weighted by molar-refractivity contribution is 0.183. The molecule has 2 aromatic rings. The van der Waals surface area contributed by atoms with Crippen molar-refractivity contribution in [2.45, 2.75) is 57.9 Å². The van der Waals surface area contributed by atoms with E-state index in [4.69, 9.17) is 16.6 Å². The number of nitrogens with zero attached hydrogens (tertiary/aromatic N) is 3. The monoisotopic (exact) mass is 369 g/mol. The van der Waals surface area contributed by atoms with E-state index in [2.05, 4.69) is 39.3 Å². The van der Waals surface area contributed by atoms with Crippen molar-refractivity contribution in [3.8, 4) is 0 Å². The minimum atomic E-state index is -0.108. The van der Waals surface area contributed by atoms with Crippen LogP contribution in [0, 0.1) is 5.41 Å². The highest BCUT2D eigenvalue weighted by molar-refractivity contribution is 9.10. The third-order valence-electron chi connectivity index (χ3n) is 4.42. The molecular formula is C16H21BrClN3. The molecule has 1 saturated carbocycles. The highest BCUT2D eigenvalue weighted by atomic mass is 79.9. The minimum Gasteiger partial charge on any atom is -0.308 e. The van der Waals surface area contributed by atoms with E-state index in [1.54, 1.807) is 0 Å². The van der Waals surface area contributed by atoms with Gasteiger partial charge in [-0.1, -0.05) is 20.3 Å². The van der Waals surface area contributed by atoms with Crippen LogP contribution in [0.5, 0.6) is 0 Å². The zero-order chi connectivity index (χ0) is 15.2. The molecule has 2 unspecified atom stereocenters. The van der Waals surface area contributed by atoms with E-state index in [-0.39, 0.29) is 5.38 Å². The van der Waals surface area contributed by atoms with Crippen molar-refractivity contribution in [2.24, 2.45) is 5.41 Å². The molecule has 3 rings (SSSR count). The number of fused-ring (bicyclic) bond motifs is 1. The van der Waals surface area contributed by atoms with Gasteiger partial charge >= 0.3 is 0 Å². The number of imidazole rings is 1. The highest BCUT2D eigenvalue weighted by Gasteiger charge is 2.32. The minimum absolute atomic E-state index is 0.108. The van der Waals surface area contributed by atoms with Gasteiger partial charge in [-0.15, -0.1) is 11.6 Å². The van der Waals surface area contributed by atoms with Crippen molar-refractivity contribution in [1.29, 1.82) is 0 Å². The first kappa shape index (κ1) is 15.3. The second-order valence-electron chi connectivity index (χ2n) is 6.87. The molecular weight excluding hydrogens is 350 g/mol. The van der Waals surface area contributed by atoms with Crippen molar-refractivity contribution in [3.05, 3.63) is 22.6 Å². The summed E-state index contributed by atoms with van der Waals surface area (Å²) in [6, 6.07) is 2.47. The first-order valence-corrected chi connectivity index (χ1v) is 8.78. The molecule has 0 spiro atoms. The number of pyridine rings is 1. The Morgan fingerprint density at radius 1 is 1.48 bits per heavy atom. The van der Waals surface area contributed by atoms with Gasteiger partial charge in [0, 0.05) is 16.7 Å². The quantitative estimate of drug-likeness (QED) is 0.641. The number of halogens is 2. The number of alkyl halides is 1. The molecule has 1 aliphatic rings. The first-order valence-electron chi connectivity index (χ1n) is 7.55. The maximum Gasteiger partial charge on any atom is 0.160 e. The molecule has 2 heterocycles. The Morgan fingerprint density at radius 3 is 2.90 bits per heavy atom. The summed E-state index contributed by atoms with van der Waals surface area (Å²) in [6.45, 7) is 6.69. The van der Waals surface area contributed by atoms with E-state index in [0.717, 1.165) is 27.9 Å². The Hall–Kier alpha value is -0.610. The molecule has 3 nitrogen and oxygen atoms in total. The average molecular weight is 371 g/mol. The van der Waals surface area contributed by atoms with Crippen molar-refractivity contribution < 1.29 is 0 Å². The normalized spacial score (nSPS) is 23.4. The fourth-order valence-electron chi connectivity index (χ4n) is 3.49. The molecule has 0 aliphatic heterocycles. The van der Waals surface area contributed by atoms with Crippen LogP contribution in [0.4, 0.5) is 0 Å². The Balaban J connectivity index is 2.13. The van der Waals surface area contributed by atoms with E-state index in [1.165, 1.54) is 19.3 Å². The Bertz CT molecular complexity index is 663. The Kier molecular flexibility index (Phi) is 4.04. The predicted molar refractivity (Wildman–Crippen MR) is 90.8 cm³/mol. The molecule has 0 N–H and O–H groups in total. The topological polar surface area (TPSA) is 30.7 Å². The number of rotatable bonds is 2. The van der Waals surface area contributed by atoms with E-state index in [9.17, 15) is 0 Å². The standard InChI is InChI=1S/C16H21BrClN3/c1-10(18)14-20-13-7-11(17)9-19-15(13)21(14)12-5-4-6-16(2,3)8-12/h7,9-10,12H,4-6,8H2,1-3H3. The fourth-order valence-corrected chi connectivity index (χ4v) is 3.97. The molecule has 0 aromatic carbocycles. The number of aromatic nitrogens is 3. The van der Waals surface area contributed by atoms with Crippen LogP contribution < -0.4 is 0 Å². The van der Waals surface area contributed by atoms with E-state index < -0.39 is 0 Å². The molecule has 0 saturated heterocycles. The second kappa shape index (κ2) is 5.54. The van der Waals surface area contributed by atoms with Gasteiger partial charge in [0.2, 0.25) is 0 Å². The number of hydrogen-bond acceptors (Lipinski definition) is 2. The summed E-state index contributed by atoms with van der Waals surface area (Å²) in [5, 5.41) is -0.108.